The average molecular weight is 350 g/mol. The van der Waals surface area contributed by atoms with Crippen LogP contribution in [-0.4, -0.2) is 19.7 Å². The lowest BCUT2D eigenvalue weighted by molar-refractivity contribution is -0.143. The van der Waals surface area contributed by atoms with Crippen LogP contribution < -0.4 is 9.47 Å². The highest BCUT2D eigenvalue weighted by Crippen LogP contribution is 2.24. The van der Waals surface area contributed by atoms with E-state index < -0.39 is 11.6 Å². The first-order chi connectivity index (χ1) is 12.0. The monoisotopic (exact) mass is 350 g/mol. The number of methoxy groups -OCH3 is 1. The Morgan fingerprint density at radius 3 is 2.44 bits per heavy atom. The molecule has 0 bridgehead atoms. The Hall–Kier alpha value is -2.63. The molecule has 6 heteroatoms. The highest BCUT2D eigenvalue weighted by Gasteiger charge is 2.13. The zero-order chi connectivity index (χ0) is 18.2. The summed E-state index contributed by atoms with van der Waals surface area (Å²) >= 11 is 0. The molecule has 0 N–H and O–H groups in total. The summed E-state index contributed by atoms with van der Waals surface area (Å²) in [6, 6.07) is 9.53. The summed E-state index contributed by atoms with van der Waals surface area (Å²) in [5.41, 5.74) is 1.26. The summed E-state index contributed by atoms with van der Waals surface area (Å²) in [5, 5.41) is 0. The molecule has 4 nitrogen and oxygen atoms in total. The van der Waals surface area contributed by atoms with Crippen molar-refractivity contribution in [3.63, 3.8) is 0 Å². The van der Waals surface area contributed by atoms with Crippen molar-refractivity contribution in [2.75, 3.05) is 13.7 Å². The van der Waals surface area contributed by atoms with Crippen LogP contribution in [-0.2, 0) is 22.6 Å². The van der Waals surface area contributed by atoms with Gasteiger partial charge >= 0.3 is 5.97 Å². The number of hydrogen-bond acceptors (Lipinski definition) is 4. The maximum Gasteiger partial charge on any atom is 0.306 e. The Bertz CT molecular complexity index is 714. The van der Waals surface area contributed by atoms with E-state index >= 15 is 0 Å². The second-order valence-electron chi connectivity index (χ2n) is 5.33. The molecule has 0 heterocycles. The molecule has 0 radical (unpaired) electrons. The van der Waals surface area contributed by atoms with E-state index in [1.807, 2.05) is 0 Å². The zero-order valence-corrected chi connectivity index (χ0v) is 14.2. The number of hydrogen-bond donors (Lipinski definition) is 0. The van der Waals surface area contributed by atoms with Gasteiger partial charge in [-0.1, -0.05) is 12.1 Å². The molecule has 0 saturated carbocycles. The van der Waals surface area contributed by atoms with Crippen molar-refractivity contribution in [2.24, 2.45) is 0 Å². The second kappa shape index (κ2) is 9.01. The van der Waals surface area contributed by atoms with Crippen molar-refractivity contribution >= 4 is 5.97 Å². The number of esters is 1. The highest BCUT2D eigenvalue weighted by molar-refractivity contribution is 5.69. The summed E-state index contributed by atoms with van der Waals surface area (Å²) < 4.78 is 42.9. The van der Waals surface area contributed by atoms with Crippen molar-refractivity contribution in [1.82, 2.24) is 0 Å². The summed E-state index contributed by atoms with van der Waals surface area (Å²) in [6.45, 7) is 2.08. The fraction of sp³-hybridized carbons (Fsp3) is 0.316. The van der Waals surface area contributed by atoms with Crippen molar-refractivity contribution in [1.29, 1.82) is 0 Å². The standard InChI is InChI=1S/C19H20F2O4/c1-3-24-18(22)9-6-14-10-16(20)19(21)17(11-14)25-12-13-4-7-15(23-2)8-5-13/h4-5,7-8,10-11H,3,6,9,12H2,1-2H3. The maximum absolute atomic E-state index is 13.9. The number of ether oxygens (including phenoxy) is 3. The van der Waals surface area contributed by atoms with Gasteiger partial charge in [-0.15, -0.1) is 0 Å². The lowest BCUT2D eigenvalue weighted by atomic mass is 10.1. The Balaban J connectivity index is 2.04. The lowest BCUT2D eigenvalue weighted by Crippen LogP contribution is -2.06. The smallest absolute Gasteiger partial charge is 0.306 e. The summed E-state index contributed by atoms with van der Waals surface area (Å²) in [4.78, 5) is 11.4. The largest absolute Gasteiger partial charge is 0.497 e. The third-order valence-electron chi connectivity index (χ3n) is 3.53. The molecule has 0 spiro atoms. The third kappa shape index (κ3) is 5.45. The van der Waals surface area contributed by atoms with Crippen LogP contribution in [0, 0.1) is 11.6 Å². The molecule has 134 valence electrons. The van der Waals surface area contributed by atoms with Gasteiger partial charge in [-0.3, -0.25) is 4.79 Å². The SMILES string of the molecule is CCOC(=O)CCc1cc(F)c(F)c(OCc2ccc(OC)cc2)c1. The molecule has 0 aliphatic heterocycles. The van der Waals surface area contributed by atoms with Gasteiger partial charge in [0.1, 0.15) is 12.4 Å². The number of benzene rings is 2. The minimum Gasteiger partial charge on any atom is -0.497 e. The van der Waals surface area contributed by atoms with Gasteiger partial charge in [-0.05, 0) is 48.7 Å². The average Bonchev–Trinajstić information content (AvgIpc) is 2.62. The zero-order valence-electron chi connectivity index (χ0n) is 14.2. The van der Waals surface area contributed by atoms with Crippen LogP contribution in [0.5, 0.6) is 11.5 Å². The molecule has 0 aliphatic rings. The first-order valence-corrected chi connectivity index (χ1v) is 7.92. The Labute approximate surface area is 145 Å². The lowest BCUT2D eigenvalue weighted by Gasteiger charge is -2.11. The molecule has 0 atom stereocenters. The quantitative estimate of drug-likeness (QED) is 0.674. The molecular weight excluding hydrogens is 330 g/mol. The number of carbonyl (C=O) groups excluding carboxylic acids is 1. The molecule has 2 aromatic carbocycles. The van der Waals surface area contributed by atoms with E-state index in [2.05, 4.69) is 0 Å². The van der Waals surface area contributed by atoms with E-state index in [0.29, 0.717) is 11.3 Å². The van der Waals surface area contributed by atoms with Crippen LogP contribution >= 0.6 is 0 Å². The van der Waals surface area contributed by atoms with E-state index in [9.17, 15) is 13.6 Å². The molecule has 0 aliphatic carbocycles. The molecule has 0 aromatic heterocycles. The van der Waals surface area contributed by atoms with Gasteiger partial charge in [0, 0.05) is 6.42 Å². The van der Waals surface area contributed by atoms with Crippen molar-refractivity contribution in [3.05, 3.63) is 59.2 Å². The first-order valence-electron chi connectivity index (χ1n) is 7.92. The van der Waals surface area contributed by atoms with Gasteiger partial charge in [0.05, 0.1) is 13.7 Å². The van der Waals surface area contributed by atoms with Crippen LogP contribution in [0.2, 0.25) is 0 Å². The predicted octanol–water partition coefficient (Wildman–Crippen LogP) is 4.05. The predicted molar refractivity (Wildman–Crippen MR) is 88.6 cm³/mol. The Morgan fingerprint density at radius 1 is 1.08 bits per heavy atom. The Kier molecular flexibility index (Phi) is 6.74. The van der Waals surface area contributed by atoms with Gasteiger partial charge in [-0.25, -0.2) is 4.39 Å². The van der Waals surface area contributed by atoms with Gasteiger partial charge in [0.2, 0.25) is 5.82 Å². The summed E-state index contributed by atoms with van der Waals surface area (Å²) in [6.07, 6.45) is 0.339. The van der Waals surface area contributed by atoms with Crippen molar-refractivity contribution in [3.8, 4) is 11.5 Å². The number of halogens is 2. The molecule has 0 fully saturated rings. The summed E-state index contributed by atoms with van der Waals surface area (Å²) in [5.74, 6) is -1.93. The number of carbonyl (C=O) groups is 1. The molecule has 2 aromatic rings. The number of aryl methyl sites for hydroxylation is 1. The Morgan fingerprint density at radius 2 is 1.80 bits per heavy atom. The van der Waals surface area contributed by atoms with Crippen molar-refractivity contribution in [2.45, 2.75) is 26.4 Å². The summed E-state index contributed by atoms with van der Waals surface area (Å²) in [7, 11) is 1.56. The molecular formula is C19H20F2O4. The molecule has 25 heavy (non-hydrogen) atoms. The van der Waals surface area contributed by atoms with E-state index in [0.717, 1.165) is 11.6 Å². The maximum atomic E-state index is 13.9. The topological polar surface area (TPSA) is 44.8 Å². The molecule has 0 amide bonds. The fourth-order valence-corrected chi connectivity index (χ4v) is 2.23. The molecule has 2 rings (SSSR count). The van der Waals surface area contributed by atoms with Crippen LogP contribution in [0.15, 0.2) is 36.4 Å². The minimum absolute atomic E-state index is 0.0850. The van der Waals surface area contributed by atoms with Gasteiger partial charge in [0.25, 0.3) is 0 Å². The van der Waals surface area contributed by atoms with Crippen LogP contribution in [0.25, 0.3) is 0 Å². The van der Waals surface area contributed by atoms with Gasteiger partial charge < -0.3 is 14.2 Å². The van der Waals surface area contributed by atoms with Crippen LogP contribution in [0.1, 0.15) is 24.5 Å². The van der Waals surface area contributed by atoms with E-state index in [4.69, 9.17) is 14.2 Å². The van der Waals surface area contributed by atoms with Crippen LogP contribution in [0.3, 0.4) is 0 Å². The number of rotatable bonds is 8. The first kappa shape index (κ1) is 18.7. The van der Waals surface area contributed by atoms with Crippen LogP contribution in [0.4, 0.5) is 8.78 Å². The second-order valence-corrected chi connectivity index (χ2v) is 5.33. The third-order valence-corrected chi connectivity index (χ3v) is 3.53. The molecule has 0 unspecified atom stereocenters. The van der Waals surface area contributed by atoms with Gasteiger partial charge in [0.15, 0.2) is 11.6 Å². The fourth-order valence-electron chi connectivity index (χ4n) is 2.23. The normalized spacial score (nSPS) is 10.4. The minimum atomic E-state index is -1.05. The van der Waals surface area contributed by atoms with Crippen molar-refractivity contribution < 1.29 is 27.8 Å². The molecule has 0 saturated heterocycles. The van der Waals surface area contributed by atoms with E-state index in [1.165, 1.54) is 6.07 Å². The van der Waals surface area contributed by atoms with E-state index in [1.54, 1.807) is 38.3 Å². The van der Waals surface area contributed by atoms with Gasteiger partial charge in [-0.2, -0.15) is 4.39 Å². The highest BCUT2D eigenvalue weighted by atomic mass is 19.2. The van der Waals surface area contributed by atoms with E-state index in [-0.39, 0.29) is 37.8 Å².